The molecule has 0 aliphatic carbocycles. The van der Waals surface area contributed by atoms with Gasteiger partial charge < -0.3 is 65.1 Å². The lowest BCUT2D eigenvalue weighted by Crippen LogP contribution is -2.65. The number of hydrogen-bond acceptors (Lipinski definition) is 13. The molecule has 2 aliphatic heterocycles. The standard InChI is InChI=1S/C66H105NO13/c1-3-5-7-9-11-13-15-16-17-18-19-20-21-22-23-24-25-26-27-28-29-30-31-32-33-34-35-36-37-38-40-42-44-46-48-50-58(71)67-54(55(70)49-47-45-43-41-39-14-12-10-8-6-4-2)53-77-65-63(76)61(74)64(57(52-69)79-65)80-66-62(75)60(73)59(72)56(51-68)78-66/h5,7,11,13,16-17,19-20,22-23,25-26,28-29,31-32,34-35,37-39,41,47,49,54-57,59-66,68-70,72-76H,3-4,6,8-10,12,14-15,18,21,24,27,30,33,36,40,42-46,48,50-53H2,1-2H3,(H,67,71)/b7-5-,13-11-,17-16-,20-19-,23-22-,26-25-,29-28-,32-31-,35-34-,38-37-,41-39+,49-47+. The molecule has 0 saturated carbocycles. The van der Waals surface area contributed by atoms with Crippen LogP contribution < -0.4 is 5.32 Å². The molecule has 1 amide bonds. The molecular formula is C66H105NO13. The summed E-state index contributed by atoms with van der Waals surface area (Å²) in [4.78, 5) is 13.2. The number of aliphatic hydroxyl groups is 8. The number of carbonyl (C=O) groups excluding carboxylic acids is 1. The molecule has 9 N–H and O–H groups in total. The number of amides is 1. The SMILES string of the molecule is CC/C=C\C/C=C\C/C=C\C/C=C\C/C=C\C/C=C\C/C=C\C/C=C\C/C=C\C/C=C\CCCCCCC(=O)NC(COC1OC(CO)C(OC2OC(CO)C(O)C(O)C2O)C(O)C1O)C(O)/C=C/CC/C=C/CCCCCCC. The monoisotopic (exact) mass is 1120 g/mol. The van der Waals surface area contributed by atoms with Crippen molar-refractivity contribution in [3.8, 4) is 0 Å². The summed E-state index contributed by atoms with van der Waals surface area (Å²) < 4.78 is 22.7. The molecule has 2 saturated heterocycles. The second-order valence-electron chi connectivity index (χ2n) is 20.4. The van der Waals surface area contributed by atoms with E-state index in [9.17, 15) is 45.6 Å². The van der Waals surface area contributed by atoms with E-state index in [1.165, 1.54) is 25.7 Å². The van der Waals surface area contributed by atoms with Crippen LogP contribution in [0.25, 0.3) is 0 Å². The van der Waals surface area contributed by atoms with Crippen LogP contribution in [0.1, 0.15) is 168 Å². The third-order valence-electron chi connectivity index (χ3n) is 13.5. The van der Waals surface area contributed by atoms with E-state index in [1.54, 1.807) is 6.08 Å². The lowest BCUT2D eigenvalue weighted by Gasteiger charge is -2.46. The first-order chi connectivity index (χ1) is 39.1. The Morgan fingerprint density at radius 1 is 0.463 bits per heavy atom. The zero-order valence-corrected chi connectivity index (χ0v) is 48.5. The third-order valence-corrected chi connectivity index (χ3v) is 13.5. The molecular weight excluding hydrogens is 1010 g/mol. The molecule has 2 aliphatic rings. The second-order valence-corrected chi connectivity index (χ2v) is 20.4. The minimum Gasteiger partial charge on any atom is -0.394 e. The van der Waals surface area contributed by atoms with Crippen molar-refractivity contribution in [1.82, 2.24) is 5.32 Å². The maximum absolute atomic E-state index is 13.2. The average Bonchev–Trinajstić information content (AvgIpc) is 3.46. The molecule has 14 nitrogen and oxygen atoms in total. The predicted octanol–water partition coefficient (Wildman–Crippen LogP) is 10.5. The Bertz CT molecular complexity index is 1900. The zero-order valence-electron chi connectivity index (χ0n) is 48.5. The van der Waals surface area contributed by atoms with Crippen molar-refractivity contribution in [3.63, 3.8) is 0 Å². The molecule has 0 aromatic carbocycles. The quantitative estimate of drug-likeness (QED) is 0.0205. The van der Waals surface area contributed by atoms with Crippen molar-refractivity contribution in [2.24, 2.45) is 0 Å². The minimum absolute atomic E-state index is 0.233. The van der Waals surface area contributed by atoms with Gasteiger partial charge >= 0.3 is 0 Å². The molecule has 12 unspecified atom stereocenters. The van der Waals surface area contributed by atoms with E-state index in [2.05, 4.69) is 153 Å². The van der Waals surface area contributed by atoms with Gasteiger partial charge in [-0.2, -0.15) is 0 Å². The molecule has 0 aromatic rings. The van der Waals surface area contributed by atoms with E-state index in [0.29, 0.717) is 12.8 Å². The topological polar surface area (TPSA) is 228 Å². The van der Waals surface area contributed by atoms with Gasteiger partial charge in [-0.25, -0.2) is 0 Å². The predicted molar refractivity (Wildman–Crippen MR) is 322 cm³/mol. The highest BCUT2D eigenvalue weighted by Gasteiger charge is 2.51. The fourth-order valence-electron chi connectivity index (χ4n) is 8.68. The van der Waals surface area contributed by atoms with Crippen LogP contribution in [-0.2, 0) is 23.7 Å². The van der Waals surface area contributed by atoms with Crippen molar-refractivity contribution in [2.45, 2.75) is 242 Å². The number of unbranched alkanes of at least 4 members (excludes halogenated alkanes) is 10. The normalized spacial score (nSPS) is 25.3. The van der Waals surface area contributed by atoms with E-state index in [0.717, 1.165) is 109 Å². The number of nitrogens with one attached hydrogen (secondary N) is 1. The maximum atomic E-state index is 13.2. The van der Waals surface area contributed by atoms with E-state index in [-0.39, 0.29) is 18.9 Å². The first-order valence-electron chi connectivity index (χ1n) is 30.1. The summed E-state index contributed by atoms with van der Waals surface area (Å²) in [6.07, 6.45) is 57.6. The molecule has 0 radical (unpaired) electrons. The number of aliphatic hydroxyl groups excluding tert-OH is 8. The summed E-state index contributed by atoms with van der Waals surface area (Å²) >= 11 is 0. The molecule has 2 fully saturated rings. The van der Waals surface area contributed by atoms with Crippen LogP contribution >= 0.6 is 0 Å². The summed E-state index contributed by atoms with van der Waals surface area (Å²) in [5.74, 6) is -0.283. The van der Waals surface area contributed by atoms with Gasteiger partial charge in [-0.05, 0) is 109 Å². The van der Waals surface area contributed by atoms with Crippen LogP contribution in [0.4, 0.5) is 0 Å². The van der Waals surface area contributed by atoms with E-state index < -0.39 is 86.8 Å². The van der Waals surface area contributed by atoms with Crippen molar-refractivity contribution >= 4 is 5.91 Å². The number of hydrogen-bond donors (Lipinski definition) is 9. The van der Waals surface area contributed by atoms with Crippen LogP contribution in [0.2, 0.25) is 0 Å². The summed E-state index contributed by atoms with van der Waals surface area (Å²) in [6.45, 7) is 2.58. The lowest BCUT2D eigenvalue weighted by molar-refractivity contribution is -0.359. The third kappa shape index (κ3) is 34.3. The zero-order chi connectivity index (χ0) is 58.1. The van der Waals surface area contributed by atoms with Gasteiger partial charge in [-0.3, -0.25) is 4.79 Å². The molecule has 452 valence electrons. The van der Waals surface area contributed by atoms with Gasteiger partial charge in [-0.1, -0.05) is 198 Å². The Labute approximate surface area is 481 Å². The van der Waals surface area contributed by atoms with Crippen LogP contribution in [0.15, 0.2) is 146 Å². The second kappa shape index (κ2) is 49.5. The minimum atomic E-state index is -1.80. The van der Waals surface area contributed by atoms with Crippen molar-refractivity contribution < 1.29 is 64.6 Å². The van der Waals surface area contributed by atoms with Gasteiger partial charge in [0.05, 0.1) is 32.0 Å². The molecule has 14 heteroatoms. The fraction of sp³-hybridized carbons (Fsp3) is 0.621. The smallest absolute Gasteiger partial charge is 0.220 e. The lowest BCUT2D eigenvalue weighted by atomic mass is 9.97. The average molecular weight is 1120 g/mol. The van der Waals surface area contributed by atoms with Crippen LogP contribution in [0, 0.1) is 0 Å². The maximum Gasteiger partial charge on any atom is 0.220 e. The number of ether oxygens (including phenoxy) is 4. The molecule has 0 aromatic heterocycles. The first kappa shape index (κ1) is 72.0. The largest absolute Gasteiger partial charge is 0.394 e. The van der Waals surface area contributed by atoms with Crippen molar-refractivity contribution in [3.05, 3.63) is 146 Å². The number of carbonyl (C=O) groups is 1. The summed E-state index contributed by atoms with van der Waals surface area (Å²) in [6, 6.07) is -0.955. The Morgan fingerprint density at radius 2 is 0.875 bits per heavy atom. The molecule has 2 rings (SSSR count). The van der Waals surface area contributed by atoms with Gasteiger partial charge in [0.2, 0.25) is 5.91 Å². The molecule has 0 bridgehead atoms. The molecule has 12 atom stereocenters. The Balaban J connectivity index is 1.70. The van der Waals surface area contributed by atoms with Gasteiger partial charge in [0.15, 0.2) is 12.6 Å². The Kier molecular flexibility index (Phi) is 44.5. The highest BCUT2D eigenvalue weighted by molar-refractivity contribution is 5.76. The summed E-state index contributed by atoms with van der Waals surface area (Å²) in [5.41, 5.74) is 0. The van der Waals surface area contributed by atoms with E-state index in [1.807, 2.05) is 6.08 Å². The van der Waals surface area contributed by atoms with Crippen molar-refractivity contribution in [2.75, 3.05) is 19.8 Å². The number of allylic oxidation sites excluding steroid dienone is 23. The summed E-state index contributed by atoms with van der Waals surface area (Å²) in [7, 11) is 0. The van der Waals surface area contributed by atoms with E-state index >= 15 is 0 Å². The molecule has 2 heterocycles. The summed E-state index contributed by atoms with van der Waals surface area (Å²) in [5, 5.41) is 86.8. The fourth-order valence-corrected chi connectivity index (χ4v) is 8.68. The molecule has 80 heavy (non-hydrogen) atoms. The van der Waals surface area contributed by atoms with Gasteiger partial charge in [0.25, 0.3) is 0 Å². The molecule has 0 spiro atoms. The van der Waals surface area contributed by atoms with Crippen LogP contribution in [-0.4, -0.2) is 140 Å². The van der Waals surface area contributed by atoms with Crippen molar-refractivity contribution in [1.29, 1.82) is 0 Å². The van der Waals surface area contributed by atoms with Crippen LogP contribution in [0.5, 0.6) is 0 Å². The van der Waals surface area contributed by atoms with Gasteiger partial charge in [-0.15, -0.1) is 0 Å². The Hall–Kier alpha value is -4.13. The van der Waals surface area contributed by atoms with Crippen LogP contribution in [0.3, 0.4) is 0 Å². The highest BCUT2D eigenvalue weighted by Crippen LogP contribution is 2.30. The van der Waals surface area contributed by atoms with E-state index in [4.69, 9.17) is 18.9 Å². The van der Waals surface area contributed by atoms with Gasteiger partial charge in [0.1, 0.15) is 48.8 Å². The van der Waals surface area contributed by atoms with Gasteiger partial charge in [0, 0.05) is 6.42 Å². The Morgan fingerprint density at radius 3 is 1.36 bits per heavy atom. The number of rotatable bonds is 45. The first-order valence-corrected chi connectivity index (χ1v) is 30.1. The highest BCUT2D eigenvalue weighted by atomic mass is 16.7.